The Labute approximate surface area is 98.7 Å². The second-order valence-corrected chi connectivity index (χ2v) is 3.90. The van der Waals surface area contributed by atoms with Gasteiger partial charge >= 0.3 is 0 Å². The summed E-state index contributed by atoms with van der Waals surface area (Å²) in [5, 5.41) is 0. The Balaban J connectivity index is 2.48. The van der Waals surface area contributed by atoms with Gasteiger partial charge in [-0.1, -0.05) is 42.5 Å². The molecule has 2 rings (SSSR count). The van der Waals surface area contributed by atoms with Crippen LogP contribution in [0.3, 0.4) is 0 Å². The molecule has 2 aromatic rings. The first-order valence-electron chi connectivity index (χ1n) is 4.82. The maximum absolute atomic E-state index is 13.1. The minimum absolute atomic E-state index is 0.252. The van der Waals surface area contributed by atoms with E-state index in [4.69, 9.17) is 18.0 Å². The lowest BCUT2D eigenvalue weighted by atomic mass is 10.0. The summed E-state index contributed by atoms with van der Waals surface area (Å²) in [4.78, 5) is 0.346. The Morgan fingerprint density at radius 1 is 1.00 bits per heavy atom. The standard InChI is InChI=1S/C13H10FNS/c14-12-6-2-4-10(8-12)9-3-1-5-11(7-9)13(15)16/h1-8H,(H2,15,16). The van der Waals surface area contributed by atoms with Crippen molar-refractivity contribution < 1.29 is 4.39 Å². The summed E-state index contributed by atoms with van der Waals surface area (Å²) >= 11 is 4.90. The van der Waals surface area contributed by atoms with Gasteiger partial charge in [0.05, 0.1) is 0 Å². The van der Waals surface area contributed by atoms with Gasteiger partial charge in [0.15, 0.2) is 0 Å². The summed E-state index contributed by atoms with van der Waals surface area (Å²) < 4.78 is 13.1. The van der Waals surface area contributed by atoms with E-state index in [1.165, 1.54) is 12.1 Å². The highest BCUT2D eigenvalue weighted by Gasteiger charge is 2.01. The van der Waals surface area contributed by atoms with Crippen LogP contribution in [-0.4, -0.2) is 4.99 Å². The molecule has 2 aromatic carbocycles. The average molecular weight is 231 g/mol. The zero-order valence-electron chi connectivity index (χ0n) is 8.48. The van der Waals surface area contributed by atoms with Crippen LogP contribution in [0.1, 0.15) is 5.56 Å². The molecule has 0 aliphatic carbocycles. The lowest BCUT2D eigenvalue weighted by Crippen LogP contribution is -2.08. The molecular weight excluding hydrogens is 221 g/mol. The highest BCUT2D eigenvalue weighted by Crippen LogP contribution is 2.21. The van der Waals surface area contributed by atoms with Crippen LogP contribution in [-0.2, 0) is 0 Å². The van der Waals surface area contributed by atoms with Crippen LogP contribution < -0.4 is 5.73 Å². The zero-order valence-corrected chi connectivity index (χ0v) is 9.30. The number of rotatable bonds is 2. The van der Waals surface area contributed by atoms with Crippen molar-refractivity contribution in [2.45, 2.75) is 0 Å². The topological polar surface area (TPSA) is 26.0 Å². The van der Waals surface area contributed by atoms with Crippen molar-refractivity contribution in [2.24, 2.45) is 5.73 Å². The molecule has 0 fully saturated rings. The Bertz CT molecular complexity index is 537. The van der Waals surface area contributed by atoms with E-state index < -0.39 is 0 Å². The van der Waals surface area contributed by atoms with Gasteiger partial charge in [0.1, 0.15) is 10.8 Å². The quantitative estimate of drug-likeness (QED) is 0.804. The first-order chi connectivity index (χ1) is 7.66. The lowest BCUT2D eigenvalue weighted by Gasteiger charge is -2.04. The van der Waals surface area contributed by atoms with Gasteiger partial charge in [-0.25, -0.2) is 4.39 Å². The molecule has 1 nitrogen and oxygen atoms in total. The molecule has 0 radical (unpaired) electrons. The van der Waals surface area contributed by atoms with Crippen molar-refractivity contribution in [3.05, 3.63) is 59.9 Å². The SMILES string of the molecule is NC(=S)c1cccc(-c2cccc(F)c2)c1. The molecule has 80 valence electrons. The molecule has 0 amide bonds. The van der Waals surface area contributed by atoms with E-state index in [1.54, 1.807) is 6.07 Å². The van der Waals surface area contributed by atoms with E-state index in [-0.39, 0.29) is 5.82 Å². The van der Waals surface area contributed by atoms with Gasteiger partial charge in [-0.15, -0.1) is 0 Å². The molecule has 0 aliphatic rings. The number of hydrogen-bond donors (Lipinski definition) is 1. The van der Waals surface area contributed by atoms with Crippen molar-refractivity contribution >= 4 is 17.2 Å². The lowest BCUT2D eigenvalue weighted by molar-refractivity contribution is 0.628. The van der Waals surface area contributed by atoms with E-state index in [0.717, 1.165) is 16.7 Å². The highest BCUT2D eigenvalue weighted by atomic mass is 32.1. The van der Waals surface area contributed by atoms with Crippen LogP contribution in [0.4, 0.5) is 4.39 Å². The van der Waals surface area contributed by atoms with Crippen LogP contribution in [0.25, 0.3) is 11.1 Å². The number of benzene rings is 2. The first-order valence-corrected chi connectivity index (χ1v) is 5.23. The third-order valence-corrected chi connectivity index (χ3v) is 2.54. The second kappa shape index (κ2) is 4.41. The molecule has 0 aromatic heterocycles. The molecule has 0 bridgehead atoms. The fourth-order valence-corrected chi connectivity index (χ4v) is 1.65. The monoisotopic (exact) mass is 231 g/mol. The molecule has 0 heterocycles. The summed E-state index contributed by atoms with van der Waals surface area (Å²) in [6.45, 7) is 0. The molecule has 3 heteroatoms. The van der Waals surface area contributed by atoms with Crippen LogP contribution in [0.15, 0.2) is 48.5 Å². The van der Waals surface area contributed by atoms with Crippen LogP contribution in [0.5, 0.6) is 0 Å². The Hall–Kier alpha value is -1.74. The van der Waals surface area contributed by atoms with Gasteiger partial charge in [-0.05, 0) is 29.3 Å². The third kappa shape index (κ3) is 2.25. The summed E-state index contributed by atoms with van der Waals surface area (Å²) in [5.41, 5.74) is 8.06. The Kier molecular flexibility index (Phi) is 2.97. The number of halogens is 1. The van der Waals surface area contributed by atoms with E-state index in [0.29, 0.717) is 4.99 Å². The van der Waals surface area contributed by atoms with Crippen molar-refractivity contribution in [2.75, 3.05) is 0 Å². The minimum atomic E-state index is -0.252. The fourth-order valence-electron chi connectivity index (χ4n) is 1.52. The van der Waals surface area contributed by atoms with Crippen molar-refractivity contribution in [3.8, 4) is 11.1 Å². The maximum Gasteiger partial charge on any atom is 0.123 e. The summed E-state index contributed by atoms with van der Waals surface area (Å²) in [5.74, 6) is -0.252. The van der Waals surface area contributed by atoms with Gasteiger partial charge in [-0.2, -0.15) is 0 Å². The van der Waals surface area contributed by atoms with Crippen LogP contribution in [0.2, 0.25) is 0 Å². The summed E-state index contributed by atoms with van der Waals surface area (Å²) in [6, 6.07) is 13.9. The smallest absolute Gasteiger partial charge is 0.123 e. The number of thiocarbonyl (C=S) groups is 1. The number of nitrogens with two attached hydrogens (primary N) is 1. The average Bonchev–Trinajstić information content (AvgIpc) is 2.29. The van der Waals surface area contributed by atoms with E-state index in [9.17, 15) is 4.39 Å². The molecule has 0 atom stereocenters. The molecule has 0 spiro atoms. The molecule has 0 saturated carbocycles. The van der Waals surface area contributed by atoms with E-state index >= 15 is 0 Å². The first kappa shape index (κ1) is 10.8. The predicted molar refractivity (Wildman–Crippen MR) is 67.7 cm³/mol. The summed E-state index contributed by atoms with van der Waals surface area (Å²) in [6.07, 6.45) is 0. The van der Waals surface area contributed by atoms with Gasteiger partial charge in [0.25, 0.3) is 0 Å². The normalized spacial score (nSPS) is 10.1. The van der Waals surface area contributed by atoms with Crippen LogP contribution in [0, 0.1) is 5.82 Å². The van der Waals surface area contributed by atoms with Crippen molar-refractivity contribution in [1.82, 2.24) is 0 Å². The Morgan fingerprint density at radius 3 is 2.25 bits per heavy atom. The van der Waals surface area contributed by atoms with Crippen LogP contribution >= 0.6 is 12.2 Å². The molecule has 2 N–H and O–H groups in total. The van der Waals surface area contributed by atoms with Gasteiger partial charge < -0.3 is 5.73 Å². The third-order valence-electron chi connectivity index (χ3n) is 2.31. The molecular formula is C13H10FNS. The zero-order chi connectivity index (χ0) is 11.5. The number of hydrogen-bond acceptors (Lipinski definition) is 1. The molecule has 0 saturated heterocycles. The van der Waals surface area contributed by atoms with E-state index in [2.05, 4.69) is 0 Å². The molecule has 16 heavy (non-hydrogen) atoms. The van der Waals surface area contributed by atoms with E-state index in [1.807, 2.05) is 30.3 Å². The largest absolute Gasteiger partial charge is 0.389 e. The fraction of sp³-hybridized carbons (Fsp3) is 0. The van der Waals surface area contributed by atoms with Gasteiger partial charge in [-0.3, -0.25) is 0 Å². The maximum atomic E-state index is 13.1. The highest BCUT2D eigenvalue weighted by molar-refractivity contribution is 7.80. The minimum Gasteiger partial charge on any atom is -0.389 e. The molecule has 0 unspecified atom stereocenters. The van der Waals surface area contributed by atoms with Gasteiger partial charge in [0, 0.05) is 5.56 Å². The molecule has 0 aliphatic heterocycles. The second-order valence-electron chi connectivity index (χ2n) is 3.46. The Morgan fingerprint density at radius 2 is 1.62 bits per heavy atom. The van der Waals surface area contributed by atoms with Crippen molar-refractivity contribution in [3.63, 3.8) is 0 Å². The summed E-state index contributed by atoms with van der Waals surface area (Å²) in [7, 11) is 0. The predicted octanol–water partition coefficient (Wildman–Crippen LogP) is 3.13. The van der Waals surface area contributed by atoms with Crippen molar-refractivity contribution in [1.29, 1.82) is 0 Å². The van der Waals surface area contributed by atoms with Gasteiger partial charge in [0.2, 0.25) is 0 Å².